The van der Waals surface area contributed by atoms with Crippen LogP contribution < -0.4 is 5.32 Å². The number of nitrogens with one attached hydrogen (secondary N) is 1. The molecule has 1 aromatic heterocycles. The van der Waals surface area contributed by atoms with Gasteiger partial charge in [0.1, 0.15) is 0 Å². The fourth-order valence-electron chi connectivity index (χ4n) is 2.77. The van der Waals surface area contributed by atoms with Crippen molar-refractivity contribution in [2.24, 2.45) is 0 Å². The Hall–Kier alpha value is -0.800. The lowest BCUT2D eigenvalue weighted by Crippen LogP contribution is -2.34. The van der Waals surface area contributed by atoms with E-state index in [1.54, 1.807) is 12.4 Å². The molecule has 4 heteroatoms. The van der Waals surface area contributed by atoms with E-state index in [1.165, 1.54) is 32.1 Å². The van der Waals surface area contributed by atoms with Crippen molar-refractivity contribution in [1.82, 2.24) is 9.88 Å². The Balaban J connectivity index is 1.65. The molecule has 0 aromatic carbocycles. The molecule has 1 heterocycles. The van der Waals surface area contributed by atoms with Crippen LogP contribution in [0.15, 0.2) is 18.5 Å². The average Bonchev–Trinajstić information content (AvgIpc) is 2.46. The first-order valence-corrected chi connectivity index (χ1v) is 7.69. The van der Waals surface area contributed by atoms with Crippen molar-refractivity contribution < 1.29 is 0 Å². The number of anilines is 1. The van der Waals surface area contributed by atoms with E-state index in [2.05, 4.69) is 22.2 Å². The molecule has 1 saturated carbocycles. The van der Waals surface area contributed by atoms with Gasteiger partial charge in [0, 0.05) is 25.0 Å². The molecule has 1 aliphatic rings. The Bertz CT molecular complexity index is 377. The van der Waals surface area contributed by atoms with E-state index in [-0.39, 0.29) is 0 Å². The Kier molecular flexibility index (Phi) is 5.93. The fraction of sp³-hybridized carbons (Fsp3) is 0.667. The molecule has 1 aromatic rings. The molecule has 1 N–H and O–H groups in total. The van der Waals surface area contributed by atoms with Gasteiger partial charge in [0.2, 0.25) is 0 Å². The van der Waals surface area contributed by atoms with Crippen LogP contribution in [0.4, 0.5) is 5.69 Å². The summed E-state index contributed by atoms with van der Waals surface area (Å²) in [5, 5.41) is 4.07. The van der Waals surface area contributed by atoms with Crippen LogP contribution in [0.3, 0.4) is 0 Å². The summed E-state index contributed by atoms with van der Waals surface area (Å²) in [7, 11) is 2.26. The maximum Gasteiger partial charge on any atom is 0.0820 e. The number of hydrogen-bond donors (Lipinski definition) is 1. The van der Waals surface area contributed by atoms with Gasteiger partial charge in [-0.2, -0.15) is 0 Å². The summed E-state index contributed by atoms with van der Waals surface area (Å²) in [4.78, 5) is 6.51. The smallest absolute Gasteiger partial charge is 0.0820 e. The fourth-order valence-corrected chi connectivity index (χ4v) is 2.96. The summed E-state index contributed by atoms with van der Waals surface area (Å²) < 4.78 is 0. The van der Waals surface area contributed by atoms with Gasteiger partial charge in [0.15, 0.2) is 0 Å². The van der Waals surface area contributed by atoms with Crippen molar-refractivity contribution in [3.05, 3.63) is 23.5 Å². The van der Waals surface area contributed by atoms with Gasteiger partial charge in [0.25, 0.3) is 0 Å². The van der Waals surface area contributed by atoms with Crippen LogP contribution in [0.25, 0.3) is 0 Å². The van der Waals surface area contributed by atoms with Crippen LogP contribution in [0.2, 0.25) is 5.02 Å². The zero-order chi connectivity index (χ0) is 13.5. The zero-order valence-electron chi connectivity index (χ0n) is 11.7. The molecule has 19 heavy (non-hydrogen) atoms. The standard InChI is InChI=1S/C15H24ClN3/c1-19(13-6-3-2-4-7-13)11-5-9-18-15-8-10-17-12-14(15)16/h8,10,12-13H,2-7,9,11H2,1H3,(H,17,18). The van der Waals surface area contributed by atoms with Gasteiger partial charge in [-0.15, -0.1) is 0 Å². The molecular weight excluding hydrogens is 258 g/mol. The number of hydrogen-bond acceptors (Lipinski definition) is 3. The molecule has 106 valence electrons. The third kappa shape index (κ3) is 4.66. The third-order valence-electron chi connectivity index (χ3n) is 3.97. The lowest BCUT2D eigenvalue weighted by atomic mass is 9.94. The highest BCUT2D eigenvalue weighted by molar-refractivity contribution is 6.33. The molecule has 0 unspecified atom stereocenters. The summed E-state index contributed by atoms with van der Waals surface area (Å²) in [5.41, 5.74) is 0.983. The van der Waals surface area contributed by atoms with Crippen molar-refractivity contribution in [2.75, 3.05) is 25.5 Å². The van der Waals surface area contributed by atoms with Crippen molar-refractivity contribution >= 4 is 17.3 Å². The molecule has 0 radical (unpaired) electrons. The van der Waals surface area contributed by atoms with Gasteiger partial charge >= 0.3 is 0 Å². The molecular formula is C15H24ClN3. The van der Waals surface area contributed by atoms with E-state index >= 15 is 0 Å². The minimum absolute atomic E-state index is 0.697. The predicted octanol–water partition coefficient (Wildman–Crippen LogP) is 3.80. The number of pyridine rings is 1. The number of aromatic nitrogens is 1. The van der Waals surface area contributed by atoms with E-state index in [1.807, 2.05) is 6.07 Å². The molecule has 0 spiro atoms. The van der Waals surface area contributed by atoms with Crippen molar-refractivity contribution in [3.63, 3.8) is 0 Å². The van der Waals surface area contributed by atoms with Gasteiger partial charge in [-0.25, -0.2) is 0 Å². The van der Waals surface area contributed by atoms with Crippen LogP contribution in [-0.4, -0.2) is 36.1 Å². The summed E-state index contributed by atoms with van der Waals surface area (Å²) in [6.45, 7) is 2.11. The summed E-state index contributed by atoms with van der Waals surface area (Å²) in [6, 6.07) is 2.73. The van der Waals surface area contributed by atoms with Gasteiger partial charge in [-0.05, 0) is 38.9 Å². The Morgan fingerprint density at radius 3 is 2.89 bits per heavy atom. The molecule has 1 fully saturated rings. The number of rotatable bonds is 6. The van der Waals surface area contributed by atoms with Gasteiger partial charge in [0.05, 0.1) is 10.7 Å². The van der Waals surface area contributed by atoms with Crippen LogP contribution in [0.5, 0.6) is 0 Å². The first kappa shape index (κ1) is 14.6. The van der Waals surface area contributed by atoms with Crippen molar-refractivity contribution in [3.8, 4) is 0 Å². The normalized spacial score (nSPS) is 16.8. The molecule has 0 saturated heterocycles. The van der Waals surface area contributed by atoms with Crippen LogP contribution in [-0.2, 0) is 0 Å². The first-order chi connectivity index (χ1) is 9.27. The summed E-state index contributed by atoms with van der Waals surface area (Å²) in [6.07, 6.45) is 11.6. The van der Waals surface area contributed by atoms with Crippen molar-refractivity contribution in [1.29, 1.82) is 0 Å². The van der Waals surface area contributed by atoms with E-state index in [9.17, 15) is 0 Å². The van der Waals surface area contributed by atoms with Crippen LogP contribution in [0, 0.1) is 0 Å². The predicted molar refractivity (Wildman–Crippen MR) is 81.9 cm³/mol. The second-order valence-electron chi connectivity index (χ2n) is 5.41. The molecule has 3 nitrogen and oxygen atoms in total. The second-order valence-corrected chi connectivity index (χ2v) is 5.82. The molecule has 1 aliphatic carbocycles. The molecule has 0 bridgehead atoms. The lowest BCUT2D eigenvalue weighted by Gasteiger charge is -2.31. The summed E-state index contributed by atoms with van der Waals surface area (Å²) >= 11 is 6.05. The molecule has 0 amide bonds. The SMILES string of the molecule is CN(CCCNc1ccncc1Cl)C1CCCCC1. The highest BCUT2D eigenvalue weighted by atomic mass is 35.5. The highest BCUT2D eigenvalue weighted by Gasteiger charge is 2.17. The Morgan fingerprint density at radius 1 is 1.37 bits per heavy atom. The van der Waals surface area contributed by atoms with Crippen LogP contribution >= 0.6 is 11.6 Å². The number of halogens is 1. The average molecular weight is 282 g/mol. The topological polar surface area (TPSA) is 28.2 Å². The van der Waals surface area contributed by atoms with Crippen LogP contribution in [0.1, 0.15) is 38.5 Å². The Labute approximate surface area is 121 Å². The minimum atomic E-state index is 0.697. The zero-order valence-corrected chi connectivity index (χ0v) is 12.5. The van der Waals surface area contributed by atoms with Gasteiger partial charge < -0.3 is 10.2 Å². The molecule has 0 aliphatic heterocycles. The maximum absolute atomic E-state index is 6.05. The highest BCUT2D eigenvalue weighted by Crippen LogP contribution is 2.22. The van der Waals surface area contributed by atoms with E-state index < -0.39 is 0 Å². The molecule has 0 atom stereocenters. The second kappa shape index (κ2) is 7.71. The largest absolute Gasteiger partial charge is 0.384 e. The van der Waals surface area contributed by atoms with Gasteiger partial charge in [-0.1, -0.05) is 30.9 Å². The third-order valence-corrected chi connectivity index (χ3v) is 4.27. The van der Waals surface area contributed by atoms with Gasteiger partial charge in [-0.3, -0.25) is 4.98 Å². The minimum Gasteiger partial charge on any atom is -0.384 e. The monoisotopic (exact) mass is 281 g/mol. The van der Waals surface area contributed by atoms with Crippen molar-refractivity contribution in [2.45, 2.75) is 44.6 Å². The quantitative estimate of drug-likeness (QED) is 0.804. The number of nitrogens with zero attached hydrogens (tertiary/aromatic N) is 2. The van der Waals surface area contributed by atoms with E-state index in [0.29, 0.717) is 5.02 Å². The lowest BCUT2D eigenvalue weighted by molar-refractivity contribution is 0.191. The first-order valence-electron chi connectivity index (χ1n) is 7.31. The summed E-state index contributed by atoms with van der Waals surface area (Å²) in [5.74, 6) is 0. The van der Waals surface area contributed by atoms with E-state index in [0.717, 1.165) is 31.2 Å². The van der Waals surface area contributed by atoms with E-state index in [4.69, 9.17) is 11.6 Å². The Morgan fingerprint density at radius 2 is 2.16 bits per heavy atom. The molecule has 2 rings (SSSR count). The maximum atomic E-state index is 6.05.